The maximum absolute atomic E-state index is 5.96. The van der Waals surface area contributed by atoms with Crippen molar-refractivity contribution in [3.63, 3.8) is 0 Å². The maximum Gasteiger partial charge on any atom is 0.194 e. The summed E-state index contributed by atoms with van der Waals surface area (Å²) in [6, 6.07) is 10.5. The molecule has 1 aromatic carbocycles. The summed E-state index contributed by atoms with van der Waals surface area (Å²) >= 11 is 0. The van der Waals surface area contributed by atoms with Gasteiger partial charge in [-0.15, -0.1) is 0 Å². The molecule has 0 bridgehead atoms. The van der Waals surface area contributed by atoms with Gasteiger partial charge in [0.05, 0.1) is 25.9 Å². The first kappa shape index (κ1) is 20.4. The second-order valence-electron chi connectivity index (χ2n) is 7.21. The van der Waals surface area contributed by atoms with Crippen molar-refractivity contribution in [2.45, 2.75) is 19.6 Å². The Balaban J connectivity index is 1.55. The monoisotopic (exact) mass is 384 g/mol. The topological polar surface area (TPSA) is 57.9 Å². The highest BCUT2D eigenvalue weighted by Crippen LogP contribution is 2.21. The van der Waals surface area contributed by atoms with Crippen molar-refractivity contribution in [2.75, 3.05) is 46.4 Å². The minimum Gasteiger partial charge on any atom is -0.370 e. The Kier molecular flexibility index (Phi) is 7.45. The van der Waals surface area contributed by atoms with Crippen LogP contribution in [0.5, 0.6) is 0 Å². The van der Waals surface area contributed by atoms with Crippen molar-refractivity contribution in [2.24, 2.45) is 12.0 Å². The van der Waals surface area contributed by atoms with Gasteiger partial charge < -0.3 is 19.9 Å². The number of morpholine rings is 1. The Morgan fingerprint density at radius 1 is 1.36 bits per heavy atom. The lowest BCUT2D eigenvalue weighted by Crippen LogP contribution is -2.48. The largest absolute Gasteiger partial charge is 0.370 e. The number of likely N-dealkylation sites (N-methyl/N-ethyl adjacent to an activating group) is 1. The Bertz CT molecular complexity index is 744. The van der Waals surface area contributed by atoms with E-state index in [-0.39, 0.29) is 6.10 Å². The molecule has 0 saturated carbocycles. The van der Waals surface area contributed by atoms with Crippen molar-refractivity contribution in [1.82, 2.24) is 24.9 Å². The van der Waals surface area contributed by atoms with Crippen LogP contribution < -0.4 is 5.32 Å². The minimum atomic E-state index is 0.0343. The summed E-state index contributed by atoms with van der Waals surface area (Å²) in [5.41, 5.74) is 2.44. The third kappa shape index (κ3) is 5.81. The number of aromatic nitrogens is 2. The summed E-state index contributed by atoms with van der Waals surface area (Å²) in [4.78, 5) is 9.46. The number of aryl methyl sites for hydroxylation is 1. The quantitative estimate of drug-likeness (QED) is 0.584. The summed E-state index contributed by atoms with van der Waals surface area (Å²) in [6.45, 7) is 7.91. The van der Waals surface area contributed by atoms with Gasteiger partial charge in [-0.1, -0.05) is 30.3 Å². The van der Waals surface area contributed by atoms with Crippen molar-refractivity contribution in [1.29, 1.82) is 0 Å². The molecule has 7 nitrogen and oxygen atoms in total. The fourth-order valence-electron chi connectivity index (χ4n) is 3.38. The van der Waals surface area contributed by atoms with Crippen molar-refractivity contribution >= 4 is 5.96 Å². The van der Waals surface area contributed by atoms with Crippen molar-refractivity contribution in [3.8, 4) is 0 Å². The van der Waals surface area contributed by atoms with Gasteiger partial charge in [0.2, 0.25) is 0 Å². The van der Waals surface area contributed by atoms with E-state index in [1.807, 2.05) is 24.1 Å². The molecule has 7 heteroatoms. The maximum atomic E-state index is 5.96. The molecule has 1 aromatic heterocycles. The van der Waals surface area contributed by atoms with Gasteiger partial charge in [0.25, 0.3) is 0 Å². The first-order valence-corrected chi connectivity index (χ1v) is 10.0. The molecular weight excluding hydrogens is 352 g/mol. The van der Waals surface area contributed by atoms with E-state index in [0.717, 1.165) is 50.8 Å². The van der Waals surface area contributed by atoms with Gasteiger partial charge in [-0.3, -0.25) is 9.67 Å². The number of ether oxygens (including phenoxy) is 1. The second-order valence-corrected chi connectivity index (χ2v) is 7.21. The molecule has 0 aliphatic carbocycles. The van der Waals surface area contributed by atoms with Gasteiger partial charge >= 0.3 is 0 Å². The molecule has 152 valence electrons. The first-order valence-electron chi connectivity index (χ1n) is 10.0. The Morgan fingerprint density at radius 3 is 2.89 bits per heavy atom. The van der Waals surface area contributed by atoms with E-state index < -0.39 is 0 Å². The number of hydrogen-bond acceptors (Lipinski definition) is 4. The zero-order chi connectivity index (χ0) is 19.8. The Hall–Kier alpha value is -2.38. The fraction of sp³-hybridized carbons (Fsp3) is 0.524. The van der Waals surface area contributed by atoms with Gasteiger partial charge in [-0.25, -0.2) is 0 Å². The summed E-state index contributed by atoms with van der Waals surface area (Å²) in [6.07, 6.45) is 3.94. The SMILES string of the molecule is CCNC(=NCCN(C)Cc1ccccc1)N1CCOC(c2cnn(C)c2)C1. The smallest absolute Gasteiger partial charge is 0.194 e. The van der Waals surface area contributed by atoms with Crippen LogP contribution in [0.4, 0.5) is 0 Å². The van der Waals surface area contributed by atoms with E-state index >= 15 is 0 Å². The Labute approximate surface area is 168 Å². The molecule has 2 aromatic rings. The van der Waals surface area contributed by atoms with Crippen LogP contribution >= 0.6 is 0 Å². The molecule has 0 amide bonds. The number of rotatable bonds is 7. The van der Waals surface area contributed by atoms with Crippen LogP contribution in [0.25, 0.3) is 0 Å². The molecule has 1 aliphatic heterocycles. The normalized spacial score (nSPS) is 17.9. The summed E-state index contributed by atoms with van der Waals surface area (Å²) in [5, 5.41) is 7.70. The van der Waals surface area contributed by atoms with Gasteiger partial charge in [0, 0.05) is 45.0 Å². The molecule has 1 saturated heterocycles. The van der Waals surface area contributed by atoms with E-state index in [1.54, 1.807) is 0 Å². The van der Waals surface area contributed by atoms with Crippen LogP contribution in [0.1, 0.15) is 24.2 Å². The van der Waals surface area contributed by atoms with E-state index in [0.29, 0.717) is 6.61 Å². The minimum absolute atomic E-state index is 0.0343. The van der Waals surface area contributed by atoms with Gasteiger partial charge in [-0.05, 0) is 19.5 Å². The molecule has 28 heavy (non-hydrogen) atoms. The average molecular weight is 385 g/mol. The molecule has 3 rings (SSSR count). The molecule has 1 fully saturated rings. The van der Waals surface area contributed by atoms with Crippen LogP contribution in [-0.4, -0.2) is 71.9 Å². The number of nitrogens with one attached hydrogen (secondary N) is 1. The van der Waals surface area contributed by atoms with E-state index in [9.17, 15) is 0 Å². The second kappa shape index (κ2) is 10.2. The lowest BCUT2D eigenvalue weighted by Gasteiger charge is -2.35. The molecule has 0 spiro atoms. The van der Waals surface area contributed by atoms with Crippen molar-refractivity contribution < 1.29 is 4.74 Å². The highest BCUT2D eigenvalue weighted by atomic mass is 16.5. The highest BCUT2D eigenvalue weighted by Gasteiger charge is 2.25. The summed E-state index contributed by atoms with van der Waals surface area (Å²) in [5.74, 6) is 0.966. The van der Waals surface area contributed by atoms with Crippen LogP contribution in [0.3, 0.4) is 0 Å². The van der Waals surface area contributed by atoms with Crippen LogP contribution in [0.2, 0.25) is 0 Å². The van der Waals surface area contributed by atoms with Crippen LogP contribution in [0.15, 0.2) is 47.7 Å². The zero-order valence-corrected chi connectivity index (χ0v) is 17.2. The summed E-state index contributed by atoms with van der Waals surface area (Å²) in [7, 11) is 4.07. The lowest BCUT2D eigenvalue weighted by molar-refractivity contribution is -0.00805. The van der Waals surface area contributed by atoms with E-state index in [2.05, 4.69) is 64.5 Å². The van der Waals surface area contributed by atoms with E-state index in [1.165, 1.54) is 5.56 Å². The number of hydrogen-bond donors (Lipinski definition) is 1. The van der Waals surface area contributed by atoms with Gasteiger partial charge in [-0.2, -0.15) is 5.10 Å². The van der Waals surface area contributed by atoms with Gasteiger partial charge in [0.1, 0.15) is 6.10 Å². The van der Waals surface area contributed by atoms with Crippen LogP contribution in [-0.2, 0) is 18.3 Å². The average Bonchev–Trinajstić information content (AvgIpc) is 3.15. The lowest BCUT2D eigenvalue weighted by atomic mass is 10.1. The fourth-order valence-corrected chi connectivity index (χ4v) is 3.38. The molecule has 0 radical (unpaired) electrons. The molecular formula is C21H32N6O. The highest BCUT2D eigenvalue weighted by molar-refractivity contribution is 5.80. The zero-order valence-electron chi connectivity index (χ0n) is 17.2. The van der Waals surface area contributed by atoms with Gasteiger partial charge in [0.15, 0.2) is 5.96 Å². The number of benzene rings is 1. The number of guanidine groups is 1. The molecule has 2 heterocycles. The molecule has 1 unspecified atom stereocenters. The standard InChI is InChI=1S/C21H32N6O/c1-4-22-21(23-10-11-25(2)15-18-8-6-5-7-9-18)27-12-13-28-20(17-27)19-14-24-26(3)16-19/h5-9,14,16,20H,4,10-13,15,17H2,1-3H3,(H,22,23). The number of nitrogens with zero attached hydrogens (tertiary/aromatic N) is 5. The molecule has 1 aliphatic rings. The van der Waals surface area contributed by atoms with Crippen LogP contribution in [0, 0.1) is 0 Å². The molecule has 1 atom stereocenters. The Morgan fingerprint density at radius 2 is 2.18 bits per heavy atom. The third-order valence-electron chi connectivity index (χ3n) is 4.84. The van der Waals surface area contributed by atoms with E-state index in [4.69, 9.17) is 9.73 Å². The predicted octanol–water partition coefficient (Wildman–Crippen LogP) is 1.89. The third-order valence-corrected chi connectivity index (χ3v) is 4.84. The summed E-state index contributed by atoms with van der Waals surface area (Å²) < 4.78 is 7.78. The number of aliphatic imine (C=N–C) groups is 1. The molecule has 1 N–H and O–H groups in total. The van der Waals surface area contributed by atoms with Crippen molar-refractivity contribution in [3.05, 3.63) is 53.9 Å². The predicted molar refractivity (Wildman–Crippen MR) is 112 cm³/mol. The first-order chi connectivity index (χ1) is 13.7.